The summed E-state index contributed by atoms with van der Waals surface area (Å²) < 4.78 is 5.86. The number of hydrogen-bond donors (Lipinski definition) is 2. The van der Waals surface area contributed by atoms with Gasteiger partial charge >= 0.3 is 0 Å². The zero-order valence-corrected chi connectivity index (χ0v) is 16.6. The lowest BCUT2D eigenvalue weighted by atomic mass is 9.94. The van der Waals surface area contributed by atoms with Crippen LogP contribution in [0.2, 0.25) is 0 Å². The Kier molecular flexibility index (Phi) is 10.9. The predicted octanol–water partition coefficient (Wildman–Crippen LogP) is 2.96. The third-order valence-electron chi connectivity index (χ3n) is 4.29. The Hall–Kier alpha value is -0.520. The lowest BCUT2D eigenvalue weighted by Crippen LogP contribution is -2.52. The highest BCUT2D eigenvalue weighted by molar-refractivity contribution is 5.85. The summed E-state index contributed by atoms with van der Waals surface area (Å²) in [5.74, 6) is 0.975. The summed E-state index contributed by atoms with van der Waals surface area (Å²) >= 11 is 0. The highest BCUT2D eigenvalue weighted by atomic mass is 35.5. The van der Waals surface area contributed by atoms with Crippen LogP contribution < -0.4 is 10.1 Å². The summed E-state index contributed by atoms with van der Waals surface area (Å²) in [4.78, 5) is 2.21. The molecule has 1 saturated heterocycles. The lowest BCUT2D eigenvalue weighted by Gasteiger charge is -2.36. The molecule has 6 heteroatoms. The molecule has 1 heterocycles. The molecule has 1 aromatic rings. The smallest absolute Gasteiger partial charge is 0.122 e. The lowest BCUT2D eigenvalue weighted by molar-refractivity contribution is -0.0103. The number of aryl methyl sites for hydroxylation is 2. The summed E-state index contributed by atoms with van der Waals surface area (Å²) in [5.41, 5.74) is 1.89. The molecule has 0 bridgehead atoms. The number of aliphatic hydroxyl groups is 1. The van der Waals surface area contributed by atoms with Crippen molar-refractivity contribution >= 4 is 24.8 Å². The van der Waals surface area contributed by atoms with Gasteiger partial charge < -0.3 is 20.1 Å². The Balaban J connectivity index is 0.00000264. The third-order valence-corrected chi connectivity index (χ3v) is 4.29. The van der Waals surface area contributed by atoms with E-state index < -0.39 is 5.60 Å². The van der Waals surface area contributed by atoms with Crippen LogP contribution in [0.15, 0.2) is 18.2 Å². The zero-order valence-electron chi connectivity index (χ0n) is 15.0. The Morgan fingerprint density at radius 1 is 1.29 bits per heavy atom. The van der Waals surface area contributed by atoms with E-state index in [-0.39, 0.29) is 24.8 Å². The van der Waals surface area contributed by atoms with Gasteiger partial charge in [0.15, 0.2) is 0 Å². The van der Waals surface area contributed by atoms with Crippen molar-refractivity contribution in [1.82, 2.24) is 10.2 Å². The van der Waals surface area contributed by atoms with E-state index in [1.165, 1.54) is 11.1 Å². The van der Waals surface area contributed by atoms with E-state index in [0.29, 0.717) is 13.2 Å². The van der Waals surface area contributed by atoms with Gasteiger partial charge in [-0.3, -0.25) is 0 Å². The fourth-order valence-corrected chi connectivity index (χ4v) is 3.15. The second-order valence-corrected chi connectivity index (χ2v) is 6.71. The van der Waals surface area contributed by atoms with Gasteiger partial charge in [-0.1, -0.05) is 17.7 Å². The first-order chi connectivity index (χ1) is 10.5. The van der Waals surface area contributed by atoms with E-state index >= 15 is 0 Å². The minimum atomic E-state index is -0.568. The Bertz CT molecular complexity index is 480. The molecule has 1 aliphatic rings. The number of benzene rings is 1. The second kappa shape index (κ2) is 11.2. The summed E-state index contributed by atoms with van der Waals surface area (Å²) in [6, 6.07) is 6.28. The number of ether oxygens (including phenoxy) is 1. The minimum Gasteiger partial charge on any atom is -0.493 e. The molecule has 0 spiro atoms. The fourth-order valence-electron chi connectivity index (χ4n) is 3.15. The second-order valence-electron chi connectivity index (χ2n) is 6.71. The maximum absolute atomic E-state index is 10.5. The molecule has 0 saturated carbocycles. The monoisotopic (exact) mass is 378 g/mol. The normalized spacial score (nSPS) is 20.2. The zero-order chi connectivity index (χ0) is 16.0. The molecule has 0 aliphatic carbocycles. The summed E-state index contributed by atoms with van der Waals surface area (Å²) in [7, 11) is 2.07. The first kappa shape index (κ1) is 23.5. The van der Waals surface area contributed by atoms with Crippen LogP contribution in [0.5, 0.6) is 5.75 Å². The first-order valence-corrected chi connectivity index (χ1v) is 8.30. The van der Waals surface area contributed by atoms with Crippen LogP contribution in [0.3, 0.4) is 0 Å². The molecule has 1 aliphatic heterocycles. The van der Waals surface area contributed by atoms with Crippen molar-refractivity contribution < 1.29 is 9.84 Å². The third kappa shape index (κ3) is 7.58. The number of β-amino-alcohol motifs (C(OH)–C–C–N with tert-alkyl or cyclic N) is 1. The van der Waals surface area contributed by atoms with Crippen molar-refractivity contribution in [2.24, 2.45) is 0 Å². The Morgan fingerprint density at radius 2 is 2.04 bits per heavy atom. The van der Waals surface area contributed by atoms with Crippen LogP contribution in [0, 0.1) is 13.8 Å². The molecule has 140 valence electrons. The van der Waals surface area contributed by atoms with Gasteiger partial charge in [-0.05, 0) is 58.3 Å². The number of nitrogens with zero attached hydrogens (tertiary/aromatic N) is 1. The van der Waals surface area contributed by atoms with Crippen LogP contribution in [0.25, 0.3) is 0 Å². The SMILES string of the molecule is Cc1ccc(OCCCN(C)CC2(O)CCCNC2)c(C)c1.Cl.Cl. The van der Waals surface area contributed by atoms with Gasteiger partial charge in [-0.2, -0.15) is 0 Å². The molecule has 0 aromatic heterocycles. The topological polar surface area (TPSA) is 44.7 Å². The van der Waals surface area contributed by atoms with Crippen molar-refractivity contribution in [3.63, 3.8) is 0 Å². The van der Waals surface area contributed by atoms with Crippen LogP contribution in [-0.2, 0) is 0 Å². The van der Waals surface area contributed by atoms with Gasteiger partial charge in [0, 0.05) is 19.6 Å². The highest BCUT2D eigenvalue weighted by Gasteiger charge is 2.30. The number of hydrogen-bond acceptors (Lipinski definition) is 4. The molecule has 2 rings (SSSR count). The van der Waals surface area contributed by atoms with Crippen LogP contribution in [-0.4, -0.2) is 55.4 Å². The molecular weight excluding hydrogens is 347 g/mol. The fraction of sp³-hybridized carbons (Fsp3) is 0.667. The molecule has 2 N–H and O–H groups in total. The number of nitrogens with one attached hydrogen (secondary N) is 1. The largest absolute Gasteiger partial charge is 0.493 e. The van der Waals surface area contributed by atoms with Gasteiger partial charge in [-0.15, -0.1) is 24.8 Å². The van der Waals surface area contributed by atoms with Crippen LogP contribution >= 0.6 is 24.8 Å². The first-order valence-electron chi connectivity index (χ1n) is 8.30. The van der Waals surface area contributed by atoms with Crippen molar-refractivity contribution in [2.75, 3.05) is 39.8 Å². The average Bonchev–Trinajstić information content (AvgIpc) is 2.45. The van der Waals surface area contributed by atoms with Crippen molar-refractivity contribution in [3.05, 3.63) is 29.3 Å². The molecule has 1 unspecified atom stereocenters. The molecule has 1 fully saturated rings. The van der Waals surface area contributed by atoms with Gasteiger partial charge in [0.1, 0.15) is 5.75 Å². The van der Waals surface area contributed by atoms with E-state index in [0.717, 1.165) is 44.6 Å². The minimum absolute atomic E-state index is 0. The Morgan fingerprint density at radius 3 is 2.67 bits per heavy atom. The predicted molar refractivity (Wildman–Crippen MR) is 105 cm³/mol. The maximum Gasteiger partial charge on any atom is 0.122 e. The summed E-state index contributed by atoms with van der Waals surface area (Å²) in [6.07, 6.45) is 2.91. The van der Waals surface area contributed by atoms with E-state index in [1.807, 2.05) is 6.07 Å². The molecule has 4 nitrogen and oxygen atoms in total. The van der Waals surface area contributed by atoms with E-state index in [1.54, 1.807) is 0 Å². The van der Waals surface area contributed by atoms with Crippen molar-refractivity contribution in [3.8, 4) is 5.75 Å². The molecule has 1 atom stereocenters. The summed E-state index contributed by atoms with van der Waals surface area (Å²) in [5, 5.41) is 13.8. The van der Waals surface area contributed by atoms with Crippen molar-refractivity contribution in [2.45, 2.75) is 38.7 Å². The van der Waals surface area contributed by atoms with Gasteiger partial charge in [0.05, 0.1) is 12.2 Å². The molecular formula is C18H32Cl2N2O2. The molecule has 1 aromatic carbocycles. The van der Waals surface area contributed by atoms with E-state index in [9.17, 15) is 5.11 Å². The van der Waals surface area contributed by atoms with E-state index in [4.69, 9.17) is 4.74 Å². The molecule has 0 amide bonds. The molecule has 24 heavy (non-hydrogen) atoms. The molecule has 0 radical (unpaired) electrons. The van der Waals surface area contributed by atoms with Gasteiger partial charge in [0.2, 0.25) is 0 Å². The number of likely N-dealkylation sites (N-methyl/N-ethyl adjacent to an activating group) is 1. The standard InChI is InChI=1S/C18H30N2O2.2ClH/c1-15-6-7-17(16(2)12-15)22-11-5-10-20(3)14-18(21)8-4-9-19-13-18;;/h6-7,12,19,21H,4-5,8-11,13-14H2,1-3H3;2*1H. The van der Waals surface area contributed by atoms with E-state index in [2.05, 4.69) is 43.2 Å². The number of rotatable bonds is 7. The maximum atomic E-state index is 10.5. The van der Waals surface area contributed by atoms with Gasteiger partial charge in [-0.25, -0.2) is 0 Å². The Labute approximate surface area is 158 Å². The van der Waals surface area contributed by atoms with Crippen LogP contribution in [0.4, 0.5) is 0 Å². The van der Waals surface area contributed by atoms with Crippen LogP contribution in [0.1, 0.15) is 30.4 Å². The highest BCUT2D eigenvalue weighted by Crippen LogP contribution is 2.19. The number of piperidine rings is 1. The average molecular weight is 379 g/mol. The quantitative estimate of drug-likeness (QED) is 0.715. The summed E-state index contributed by atoms with van der Waals surface area (Å²) in [6.45, 7) is 8.28. The number of halogens is 2. The van der Waals surface area contributed by atoms with Gasteiger partial charge in [0.25, 0.3) is 0 Å². The van der Waals surface area contributed by atoms with Crippen molar-refractivity contribution in [1.29, 1.82) is 0 Å².